The second kappa shape index (κ2) is 6.19. The molecule has 0 aliphatic heterocycles. The second-order valence-electron chi connectivity index (χ2n) is 5.36. The summed E-state index contributed by atoms with van der Waals surface area (Å²) in [5, 5.41) is 9.08. The van der Waals surface area contributed by atoms with E-state index >= 15 is 0 Å². The maximum atomic E-state index is 12.0. The second-order valence-corrected chi connectivity index (χ2v) is 5.36. The highest BCUT2D eigenvalue weighted by atomic mass is 16.5. The lowest BCUT2D eigenvalue weighted by Crippen LogP contribution is -2.16. The van der Waals surface area contributed by atoms with E-state index in [4.69, 9.17) is 10.00 Å². The molecule has 1 rings (SSSR count). The number of benzene rings is 1. The summed E-state index contributed by atoms with van der Waals surface area (Å²) in [6.45, 7) is 9.42. The molecular weight excluding hydrogens is 238 g/mol. The predicted molar refractivity (Wildman–Crippen MR) is 74.6 cm³/mol. The van der Waals surface area contributed by atoms with Crippen molar-refractivity contribution in [3.63, 3.8) is 0 Å². The Kier molecular flexibility index (Phi) is 4.88. The van der Waals surface area contributed by atoms with E-state index in [-0.39, 0.29) is 12.6 Å². The fourth-order valence-electron chi connectivity index (χ4n) is 1.66. The van der Waals surface area contributed by atoms with Crippen molar-refractivity contribution < 1.29 is 9.53 Å². The van der Waals surface area contributed by atoms with E-state index in [0.717, 1.165) is 11.1 Å². The number of ether oxygens (including phenoxy) is 1. The van der Waals surface area contributed by atoms with Gasteiger partial charge in [-0.3, -0.25) is 0 Å². The molecule has 0 spiro atoms. The van der Waals surface area contributed by atoms with Gasteiger partial charge in [0, 0.05) is 0 Å². The Labute approximate surface area is 114 Å². The summed E-state index contributed by atoms with van der Waals surface area (Å²) in [4.78, 5) is 12.0. The van der Waals surface area contributed by atoms with Crippen molar-refractivity contribution in [2.24, 2.45) is 5.41 Å². The van der Waals surface area contributed by atoms with Gasteiger partial charge in [-0.05, 0) is 44.4 Å². The van der Waals surface area contributed by atoms with E-state index in [9.17, 15) is 4.79 Å². The topological polar surface area (TPSA) is 50.1 Å². The van der Waals surface area contributed by atoms with Crippen LogP contribution in [-0.2, 0) is 11.2 Å². The highest BCUT2D eigenvalue weighted by molar-refractivity contribution is 5.91. The maximum Gasteiger partial charge on any atom is 0.338 e. The van der Waals surface area contributed by atoms with Crippen LogP contribution in [0.15, 0.2) is 36.4 Å². The van der Waals surface area contributed by atoms with Crippen molar-refractivity contribution in [3.05, 3.63) is 47.5 Å². The van der Waals surface area contributed by atoms with Crippen LogP contribution in [0.2, 0.25) is 0 Å². The van der Waals surface area contributed by atoms with Gasteiger partial charge in [-0.1, -0.05) is 24.8 Å². The van der Waals surface area contributed by atoms with Gasteiger partial charge in [0.1, 0.15) is 6.61 Å². The predicted octanol–water partition coefficient (Wildman–Crippen LogP) is 3.51. The van der Waals surface area contributed by atoms with Gasteiger partial charge in [-0.2, -0.15) is 5.26 Å². The minimum atomic E-state index is -0.509. The fourth-order valence-corrected chi connectivity index (χ4v) is 1.66. The van der Waals surface area contributed by atoms with Gasteiger partial charge >= 0.3 is 5.97 Å². The molecule has 3 nitrogen and oxygen atoms in total. The maximum absolute atomic E-state index is 12.0. The van der Waals surface area contributed by atoms with E-state index in [1.165, 1.54) is 0 Å². The molecule has 0 amide bonds. The SMILES string of the molecule is C=C(C)COC(=O)c1ccccc1CC(C)(C)C#N. The summed E-state index contributed by atoms with van der Waals surface area (Å²) in [6, 6.07) is 9.47. The Morgan fingerprint density at radius 2 is 2.05 bits per heavy atom. The molecule has 0 aromatic heterocycles. The lowest BCUT2D eigenvalue weighted by molar-refractivity contribution is 0.0539. The van der Waals surface area contributed by atoms with Crippen LogP contribution < -0.4 is 0 Å². The zero-order valence-corrected chi connectivity index (χ0v) is 11.7. The minimum Gasteiger partial charge on any atom is -0.458 e. The summed E-state index contributed by atoms with van der Waals surface area (Å²) in [6.07, 6.45) is 0.516. The summed E-state index contributed by atoms with van der Waals surface area (Å²) >= 11 is 0. The monoisotopic (exact) mass is 257 g/mol. The smallest absolute Gasteiger partial charge is 0.338 e. The summed E-state index contributed by atoms with van der Waals surface area (Å²) in [7, 11) is 0. The lowest BCUT2D eigenvalue weighted by atomic mass is 9.85. The van der Waals surface area contributed by atoms with Crippen LogP contribution in [0.4, 0.5) is 0 Å². The lowest BCUT2D eigenvalue weighted by Gasteiger charge is -2.17. The van der Waals surface area contributed by atoms with Crippen molar-refractivity contribution in [2.75, 3.05) is 6.61 Å². The zero-order chi connectivity index (χ0) is 14.5. The van der Waals surface area contributed by atoms with Gasteiger partial charge in [-0.25, -0.2) is 4.79 Å². The molecule has 0 atom stereocenters. The van der Waals surface area contributed by atoms with Gasteiger partial charge in [0.2, 0.25) is 0 Å². The van der Waals surface area contributed by atoms with Gasteiger partial charge < -0.3 is 4.74 Å². The normalized spacial score (nSPS) is 10.6. The molecule has 0 radical (unpaired) electrons. The molecule has 0 bridgehead atoms. The van der Waals surface area contributed by atoms with Crippen molar-refractivity contribution in [2.45, 2.75) is 27.2 Å². The molecule has 3 heteroatoms. The molecule has 0 saturated heterocycles. The summed E-state index contributed by atoms with van der Waals surface area (Å²) in [5.74, 6) is -0.368. The molecular formula is C16H19NO2. The standard InChI is InChI=1S/C16H19NO2/c1-12(2)10-19-15(18)14-8-6-5-7-13(14)9-16(3,4)11-17/h5-8H,1,9-10H2,2-4H3. The van der Waals surface area contributed by atoms with Crippen LogP contribution in [0.1, 0.15) is 36.7 Å². The van der Waals surface area contributed by atoms with Crippen LogP contribution in [-0.4, -0.2) is 12.6 Å². The van der Waals surface area contributed by atoms with Crippen LogP contribution in [0, 0.1) is 16.7 Å². The third kappa shape index (κ3) is 4.59. The Morgan fingerprint density at radius 1 is 1.42 bits per heavy atom. The largest absolute Gasteiger partial charge is 0.458 e. The third-order valence-electron chi connectivity index (χ3n) is 2.62. The van der Waals surface area contributed by atoms with E-state index in [1.54, 1.807) is 19.1 Å². The Bertz CT molecular complexity index is 524. The summed E-state index contributed by atoms with van der Waals surface area (Å²) in [5.41, 5.74) is 1.64. The number of rotatable bonds is 5. The number of carbonyl (C=O) groups excluding carboxylic acids is 1. The van der Waals surface area contributed by atoms with Gasteiger partial charge in [-0.15, -0.1) is 0 Å². The highest BCUT2D eigenvalue weighted by Gasteiger charge is 2.21. The number of esters is 1. The van der Waals surface area contributed by atoms with Crippen LogP contribution in [0.5, 0.6) is 0 Å². The molecule has 1 aromatic rings. The Hall–Kier alpha value is -2.08. The van der Waals surface area contributed by atoms with Crippen LogP contribution >= 0.6 is 0 Å². The molecule has 0 fully saturated rings. The number of hydrogen-bond donors (Lipinski definition) is 0. The van der Waals surface area contributed by atoms with E-state index < -0.39 is 5.41 Å². The highest BCUT2D eigenvalue weighted by Crippen LogP contribution is 2.23. The number of nitrogens with zero attached hydrogens (tertiary/aromatic N) is 1. The first-order chi connectivity index (χ1) is 8.85. The van der Waals surface area contributed by atoms with E-state index in [2.05, 4.69) is 12.6 Å². The molecule has 0 heterocycles. The van der Waals surface area contributed by atoms with Crippen molar-refractivity contribution in [1.82, 2.24) is 0 Å². The number of nitriles is 1. The molecule has 0 unspecified atom stereocenters. The molecule has 1 aromatic carbocycles. The quantitative estimate of drug-likeness (QED) is 0.599. The molecule has 0 aliphatic rings. The molecule has 0 N–H and O–H groups in total. The minimum absolute atomic E-state index is 0.217. The first-order valence-corrected chi connectivity index (χ1v) is 6.16. The fraction of sp³-hybridized carbons (Fsp3) is 0.375. The van der Waals surface area contributed by atoms with Gasteiger partial charge in [0.05, 0.1) is 17.0 Å². The molecule has 0 saturated carbocycles. The van der Waals surface area contributed by atoms with Gasteiger partial charge in [0.25, 0.3) is 0 Å². The average Bonchev–Trinajstić information content (AvgIpc) is 2.36. The van der Waals surface area contributed by atoms with Crippen LogP contribution in [0.25, 0.3) is 0 Å². The average molecular weight is 257 g/mol. The first kappa shape index (κ1) is 15.0. The van der Waals surface area contributed by atoms with Crippen LogP contribution in [0.3, 0.4) is 0 Å². The molecule has 19 heavy (non-hydrogen) atoms. The van der Waals surface area contributed by atoms with Crippen molar-refractivity contribution in [1.29, 1.82) is 5.26 Å². The van der Waals surface area contributed by atoms with E-state index in [1.807, 2.05) is 26.0 Å². The first-order valence-electron chi connectivity index (χ1n) is 6.16. The Balaban J connectivity index is 2.93. The van der Waals surface area contributed by atoms with Crippen molar-refractivity contribution in [3.8, 4) is 6.07 Å². The number of carbonyl (C=O) groups is 1. The summed E-state index contributed by atoms with van der Waals surface area (Å²) < 4.78 is 5.16. The number of hydrogen-bond acceptors (Lipinski definition) is 3. The van der Waals surface area contributed by atoms with Crippen molar-refractivity contribution >= 4 is 5.97 Å². The molecule has 100 valence electrons. The van der Waals surface area contributed by atoms with Gasteiger partial charge in [0.15, 0.2) is 0 Å². The third-order valence-corrected chi connectivity index (χ3v) is 2.62. The Morgan fingerprint density at radius 3 is 2.63 bits per heavy atom. The molecule has 0 aliphatic carbocycles. The zero-order valence-electron chi connectivity index (χ0n) is 11.7. The van der Waals surface area contributed by atoms with E-state index in [0.29, 0.717) is 12.0 Å².